The van der Waals surface area contributed by atoms with Crippen LogP contribution in [0.2, 0.25) is 0 Å². The van der Waals surface area contributed by atoms with Crippen LogP contribution in [0.4, 0.5) is 11.4 Å². The molecule has 1 aromatic rings. The summed E-state index contributed by atoms with van der Waals surface area (Å²) in [6.07, 6.45) is 6.56. The highest BCUT2D eigenvalue weighted by atomic mass is 16.1. The summed E-state index contributed by atoms with van der Waals surface area (Å²) in [4.78, 5) is 11.1. The molecule has 0 atom stereocenters. The van der Waals surface area contributed by atoms with Gasteiger partial charge in [-0.3, -0.25) is 4.79 Å². The van der Waals surface area contributed by atoms with Crippen LogP contribution in [0.3, 0.4) is 0 Å². The predicted molar refractivity (Wildman–Crippen MR) is 74.4 cm³/mol. The van der Waals surface area contributed by atoms with Gasteiger partial charge in [-0.25, -0.2) is 0 Å². The quantitative estimate of drug-likeness (QED) is 0.714. The van der Waals surface area contributed by atoms with Gasteiger partial charge in [0.1, 0.15) is 0 Å². The zero-order valence-electron chi connectivity index (χ0n) is 10.6. The standard InChI is InChI=1S/C14H21N3O/c15-12-7-6-11(14(16)18)8-13(12)17-9-10-4-2-1-3-5-10/h6-8,10,17H,1-5,9,15H2,(H2,16,18). The molecule has 0 heterocycles. The fourth-order valence-electron chi connectivity index (χ4n) is 2.51. The van der Waals surface area contributed by atoms with Crippen molar-refractivity contribution in [3.63, 3.8) is 0 Å². The smallest absolute Gasteiger partial charge is 0.248 e. The average Bonchev–Trinajstić information content (AvgIpc) is 2.38. The second-order valence-corrected chi connectivity index (χ2v) is 5.05. The van der Waals surface area contributed by atoms with Gasteiger partial charge in [0.05, 0.1) is 11.4 Å². The van der Waals surface area contributed by atoms with E-state index in [4.69, 9.17) is 11.5 Å². The number of anilines is 2. The first kappa shape index (κ1) is 12.7. The van der Waals surface area contributed by atoms with Crippen LogP contribution < -0.4 is 16.8 Å². The molecule has 1 saturated carbocycles. The Morgan fingerprint density at radius 3 is 2.67 bits per heavy atom. The molecule has 1 aliphatic rings. The summed E-state index contributed by atoms with van der Waals surface area (Å²) in [5.41, 5.74) is 13.1. The van der Waals surface area contributed by atoms with Crippen molar-refractivity contribution in [3.05, 3.63) is 23.8 Å². The van der Waals surface area contributed by atoms with Gasteiger partial charge in [-0.05, 0) is 37.0 Å². The first-order valence-corrected chi connectivity index (χ1v) is 6.60. The molecule has 5 N–H and O–H groups in total. The van der Waals surface area contributed by atoms with E-state index >= 15 is 0 Å². The molecule has 0 aliphatic heterocycles. The molecule has 1 aromatic carbocycles. The molecule has 1 amide bonds. The topological polar surface area (TPSA) is 81.1 Å². The maximum atomic E-state index is 11.1. The molecular weight excluding hydrogens is 226 g/mol. The second-order valence-electron chi connectivity index (χ2n) is 5.05. The van der Waals surface area contributed by atoms with Gasteiger partial charge in [0.25, 0.3) is 0 Å². The Balaban J connectivity index is 1.99. The van der Waals surface area contributed by atoms with E-state index in [0.29, 0.717) is 11.3 Å². The Labute approximate surface area is 108 Å². The number of nitrogens with one attached hydrogen (secondary N) is 1. The van der Waals surface area contributed by atoms with Crippen LogP contribution in [0.5, 0.6) is 0 Å². The van der Waals surface area contributed by atoms with Crippen LogP contribution in [0.1, 0.15) is 42.5 Å². The van der Waals surface area contributed by atoms with Gasteiger partial charge >= 0.3 is 0 Å². The van der Waals surface area contributed by atoms with E-state index in [-0.39, 0.29) is 0 Å². The van der Waals surface area contributed by atoms with Crippen molar-refractivity contribution in [2.75, 3.05) is 17.6 Å². The normalized spacial score (nSPS) is 16.4. The second kappa shape index (κ2) is 5.76. The molecule has 0 bridgehead atoms. The molecule has 98 valence electrons. The molecular formula is C14H21N3O. The van der Waals surface area contributed by atoms with E-state index in [1.807, 2.05) is 0 Å². The minimum Gasteiger partial charge on any atom is -0.397 e. The summed E-state index contributed by atoms with van der Waals surface area (Å²) in [5, 5.41) is 3.35. The summed E-state index contributed by atoms with van der Waals surface area (Å²) in [6.45, 7) is 0.923. The third-order valence-electron chi connectivity index (χ3n) is 3.64. The number of primary amides is 1. The van der Waals surface area contributed by atoms with Crippen molar-refractivity contribution in [1.82, 2.24) is 0 Å². The molecule has 0 spiro atoms. The summed E-state index contributed by atoms with van der Waals surface area (Å²) < 4.78 is 0. The van der Waals surface area contributed by atoms with Crippen molar-refractivity contribution in [1.29, 1.82) is 0 Å². The van der Waals surface area contributed by atoms with Gasteiger partial charge in [0.15, 0.2) is 0 Å². The highest BCUT2D eigenvalue weighted by molar-refractivity contribution is 5.94. The Morgan fingerprint density at radius 1 is 1.28 bits per heavy atom. The first-order chi connectivity index (χ1) is 8.66. The Hall–Kier alpha value is -1.71. The molecule has 0 aromatic heterocycles. The Morgan fingerprint density at radius 2 is 2.00 bits per heavy atom. The summed E-state index contributed by atoms with van der Waals surface area (Å²) in [5.74, 6) is 0.297. The summed E-state index contributed by atoms with van der Waals surface area (Å²) in [7, 11) is 0. The van der Waals surface area contributed by atoms with Crippen LogP contribution >= 0.6 is 0 Å². The van der Waals surface area contributed by atoms with Crippen LogP contribution in [-0.4, -0.2) is 12.5 Å². The zero-order chi connectivity index (χ0) is 13.0. The van der Waals surface area contributed by atoms with Crippen molar-refractivity contribution in [2.24, 2.45) is 11.7 Å². The number of nitrogens with two attached hydrogens (primary N) is 2. The lowest BCUT2D eigenvalue weighted by atomic mass is 9.89. The molecule has 1 aliphatic carbocycles. The van der Waals surface area contributed by atoms with Crippen molar-refractivity contribution in [2.45, 2.75) is 32.1 Å². The maximum Gasteiger partial charge on any atom is 0.248 e. The highest BCUT2D eigenvalue weighted by Crippen LogP contribution is 2.25. The van der Waals surface area contributed by atoms with Gasteiger partial charge < -0.3 is 16.8 Å². The molecule has 18 heavy (non-hydrogen) atoms. The fraction of sp³-hybridized carbons (Fsp3) is 0.500. The lowest BCUT2D eigenvalue weighted by Crippen LogP contribution is -2.18. The monoisotopic (exact) mass is 247 g/mol. The van der Waals surface area contributed by atoms with Crippen LogP contribution in [0, 0.1) is 5.92 Å². The van der Waals surface area contributed by atoms with E-state index in [2.05, 4.69) is 5.32 Å². The van der Waals surface area contributed by atoms with E-state index in [9.17, 15) is 4.79 Å². The largest absolute Gasteiger partial charge is 0.397 e. The number of amides is 1. The van der Waals surface area contributed by atoms with Crippen molar-refractivity contribution < 1.29 is 4.79 Å². The SMILES string of the molecule is NC(=O)c1ccc(N)c(NCC2CCCCC2)c1. The highest BCUT2D eigenvalue weighted by Gasteiger charge is 2.13. The van der Waals surface area contributed by atoms with Gasteiger partial charge in [-0.2, -0.15) is 0 Å². The number of rotatable bonds is 4. The minimum atomic E-state index is -0.421. The lowest BCUT2D eigenvalue weighted by molar-refractivity contribution is 0.100. The minimum absolute atomic E-state index is 0.421. The van der Waals surface area contributed by atoms with Crippen LogP contribution in [0.15, 0.2) is 18.2 Å². The summed E-state index contributed by atoms with van der Waals surface area (Å²) in [6, 6.07) is 5.12. The number of nitrogen functional groups attached to an aromatic ring is 1. The Bertz CT molecular complexity index is 425. The number of hydrogen-bond acceptors (Lipinski definition) is 3. The van der Waals surface area contributed by atoms with E-state index in [1.54, 1.807) is 18.2 Å². The Kier molecular flexibility index (Phi) is 4.07. The lowest BCUT2D eigenvalue weighted by Gasteiger charge is -2.22. The van der Waals surface area contributed by atoms with E-state index in [1.165, 1.54) is 32.1 Å². The van der Waals surface area contributed by atoms with Gasteiger partial charge in [-0.15, -0.1) is 0 Å². The number of carbonyl (C=O) groups excluding carboxylic acids is 1. The van der Waals surface area contributed by atoms with E-state index in [0.717, 1.165) is 18.2 Å². The molecule has 0 radical (unpaired) electrons. The maximum absolute atomic E-state index is 11.1. The van der Waals surface area contributed by atoms with Crippen molar-refractivity contribution in [3.8, 4) is 0 Å². The van der Waals surface area contributed by atoms with Gasteiger partial charge in [-0.1, -0.05) is 19.3 Å². The molecule has 2 rings (SSSR count). The van der Waals surface area contributed by atoms with Crippen LogP contribution in [-0.2, 0) is 0 Å². The average molecular weight is 247 g/mol. The first-order valence-electron chi connectivity index (χ1n) is 6.60. The molecule has 0 saturated heterocycles. The van der Waals surface area contributed by atoms with Gasteiger partial charge in [0, 0.05) is 12.1 Å². The molecule has 4 heteroatoms. The van der Waals surface area contributed by atoms with E-state index < -0.39 is 5.91 Å². The summed E-state index contributed by atoms with van der Waals surface area (Å²) >= 11 is 0. The third-order valence-corrected chi connectivity index (χ3v) is 3.64. The fourth-order valence-corrected chi connectivity index (χ4v) is 2.51. The zero-order valence-corrected chi connectivity index (χ0v) is 10.6. The number of benzene rings is 1. The van der Waals surface area contributed by atoms with Crippen molar-refractivity contribution >= 4 is 17.3 Å². The predicted octanol–water partition coefficient (Wildman–Crippen LogP) is 2.36. The molecule has 1 fully saturated rings. The van der Waals surface area contributed by atoms with Gasteiger partial charge in [0.2, 0.25) is 5.91 Å². The molecule has 0 unspecified atom stereocenters. The number of hydrogen-bond donors (Lipinski definition) is 3. The number of carbonyl (C=O) groups is 1. The third kappa shape index (κ3) is 3.15. The van der Waals surface area contributed by atoms with Crippen LogP contribution in [0.25, 0.3) is 0 Å². The molecule has 4 nitrogen and oxygen atoms in total.